The number of amides is 1. The van der Waals surface area contributed by atoms with Crippen molar-refractivity contribution in [1.29, 1.82) is 0 Å². The minimum absolute atomic E-state index is 0.0812. The fourth-order valence-corrected chi connectivity index (χ4v) is 2.81. The summed E-state index contributed by atoms with van der Waals surface area (Å²) in [5, 5.41) is 5.31. The molecule has 3 aromatic rings. The van der Waals surface area contributed by atoms with Crippen molar-refractivity contribution in [2.75, 3.05) is 5.32 Å². The predicted molar refractivity (Wildman–Crippen MR) is 87.3 cm³/mol. The van der Waals surface area contributed by atoms with E-state index in [1.54, 1.807) is 0 Å². The summed E-state index contributed by atoms with van der Waals surface area (Å²) in [4.78, 5) is 12.3. The lowest BCUT2D eigenvalue weighted by Gasteiger charge is -2.10. The van der Waals surface area contributed by atoms with E-state index in [9.17, 15) is 4.79 Å². The van der Waals surface area contributed by atoms with E-state index in [0.717, 1.165) is 11.1 Å². The van der Waals surface area contributed by atoms with Gasteiger partial charge < -0.3 is 5.32 Å². The van der Waals surface area contributed by atoms with Gasteiger partial charge in [-0.05, 0) is 34.7 Å². The average Bonchev–Trinajstić information content (AvgIpc) is 2.96. The normalized spacial score (nSPS) is 11.8. The van der Waals surface area contributed by atoms with Crippen LogP contribution in [0, 0.1) is 0 Å². The van der Waals surface area contributed by atoms with Gasteiger partial charge in [-0.2, -0.15) is 0 Å². The Morgan fingerprint density at radius 3 is 2.33 bits per heavy atom. The second kappa shape index (κ2) is 4.60. The molecule has 0 aliphatic heterocycles. The number of anilines is 1. The van der Waals surface area contributed by atoms with Crippen molar-refractivity contribution in [2.45, 2.75) is 0 Å². The Kier molecular flexibility index (Phi) is 2.61. The maximum atomic E-state index is 12.3. The molecule has 1 N–H and O–H groups in total. The molecule has 2 nitrogen and oxygen atoms in total. The second-order valence-corrected chi connectivity index (χ2v) is 5.13. The summed E-state index contributed by atoms with van der Waals surface area (Å²) in [7, 11) is 0. The van der Waals surface area contributed by atoms with Crippen LogP contribution >= 0.6 is 0 Å². The largest absolute Gasteiger partial charge is 0.321 e. The van der Waals surface area contributed by atoms with Crippen LogP contribution in [0.2, 0.25) is 0 Å². The van der Waals surface area contributed by atoms with Crippen LogP contribution in [-0.2, 0) is 0 Å². The number of benzene rings is 3. The van der Waals surface area contributed by atoms with Gasteiger partial charge in [0.2, 0.25) is 0 Å². The highest BCUT2D eigenvalue weighted by molar-refractivity contribution is 6.14. The van der Waals surface area contributed by atoms with Crippen LogP contribution in [0.1, 0.15) is 21.5 Å². The van der Waals surface area contributed by atoms with E-state index >= 15 is 0 Å². The summed E-state index contributed by atoms with van der Waals surface area (Å²) in [5.41, 5.74) is 3.93. The molecule has 21 heavy (non-hydrogen) atoms. The molecular weight excluding hydrogens is 258 g/mol. The van der Waals surface area contributed by atoms with Gasteiger partial charge in [-0.3, -0.25) is 4.79 Å². The van der Waals surface area contributed by atoms with Crippen LogP contribution in [-0.4, -0.2) is 5.91 Å². The molecule has 3 aromatic carbocycles. The molecule has 2 heteroatoms. The highest BCUT2D eigenvalue weighted by Crippen LogP contribution is 2.35. The Hall–Kier alpha value is -2.87. The summed E-state index contributed by atoms with van der Waals surface area (Å²) in [6, 6.07) is 19.5. The smallest absolute Gasteiger partial charge is 0.255 e. The molecule has 1 amide bonds. The molecule has 0 aromatic heterocycles. The second-order valence-electron chi connectivity index (χ2n) is 5.13. The van der Waals surface area contributed by atoms with Gasteiger partial charge in [0.05, 0.1) is 0 Å². The maximum Gasteiger partial charge on any atom is 0.255 e. The molecule has 0 unspecified atom stereocenters. The average molecular weight is 271 g/mol. The van der Waals surface area contributed by atoms with Crippen molar-refractivity contribution in [3.8, 4) is 0 Å². The van der Waals surface area contributed by atoms with Crippen LogP contribution in [0.4, 0.5) is 5.69 Å². The Bertz CT molecular complexity index is 866. The van der Waals surface area contributed by atoms with Crippen LogP contribution in [0.15, 0.2) is 60.7 Å². The fraction of sp³-hybridized carbons (Fsp3) is 0. The van der Waals surface area contributed by atoms with E-state index in [-0.39, 0.29) is 5.91 Å². The lowest BCUT2D eigenvalue weighted by atomic mass is 10.0. The number of carbonyl (C=O) groups is 1. The van der Waals surface area contributed by atoms with Crippen molar-refractivity contribution in [3.63, 3.8) is 0 Å². The van der Waals surface area contributed by atoms with Crippen LogP contribution in [0.5, 0.6) is 0 Å². The lowest BCUT2D eigenvalue weighted by Crippen LogP contribution is -2.11. The number of carbonyl (C=O) groups excluding carboxylic acids is 1. The lowest BCUT2D eigenvalue weighted by molar-refractivity contribution is 0.102. The fourth-order valence-electron chi connectivity index (χ4n) is 2.81. The Labute approximate surface area is 122 Å². The van der Waals surface area contributed by atoms with E-state index in [1.165, 1.54) is 16.5 Å². The Balaban J connectivity index is 1.78. The summed E-state index contributed by atoms with van der Waals surface area (Å²) >= 11 is 0. The molecular formula is C19H13NO. The van der Waals surface area contributed by atoms with E-state index < -0.39 is 0 Å². The first kappa shape index (κ1) is 11.9. The predicted octanol–water partition coefficient (Wildman–Crippen LogP) is 4.58. The molecule has 0 heterocycles. The van der Waals surface area contributed by atoms with Gasteiger partial charge in [-0.15, -0.1) is 0 Å². The standard InChI is InChI=1S/C19H13NO/c21-19(15-5-2-1-3-6-15)20-17-12-11-14-10-9-13-7-4-8-16(17)18(13)14/h1-12H,(H,20,21). The molecule has 0 radical (unpaired) electrons. The monoisotopic (exact) mass is 271 g/mol. The van der Waals surface area contributed by atoms with Crippen molar-refractivity contribution < 1.29 is 4.79 Å². The summed E-state index contributed by atoms with van der Waals surface area (Å²) < 4.78 is 0. The van der Waals surface area contributed by atoms with E-state index in [2.05, 4.69) is 35.7 Å². The number of rotatable bonds is 2. The molecule has 1 aliphatic rings. The third kappa shape index (κ3) is 1.93. The third-order valence-corrected chi connectivity index (χ3v) is 3.83. The van der Waals surface area contributed by atoms with Crippen LogP contribution < -0.4 is 5.32 Å². The first-order chi connectivity index (χ1) is 10.3. The van der Waals surface area contributed by atoms with Crippen molar-refractivity contribution >= 4 is 34.5 Å². The first-order valence-corrected chi connectivity index (χ1v) is 6.93. The van der Waals surface area contributed by atoms with Crippen molar-refractivity contribution in [3.05, 3.63) is 77.4 Å². The molecule has 4 rings (SSSR count). The third-order valence-electron chi connectivity index (χ3n) is 3.83. The minimum atomic E-state index is -0.0812. The first-order valence-electron chi connectivity index (χ1n) is 6.93. The number of hydrogen-bond donors (Lipinski definition) is 1. The van der Waals surface area contributed by atoms with Gasteiger partial charge in [0, 0.05) is 16.6 Å². The number of hydrogen-bond acceptors (Lipinski definition) is 1. The van der Waals surface area contributed by atoms with Gasteiger partial charge in [0.1, 0.15) is 0 Å². The van der Waals surface area contributed by atoms with Crippen LogP contribution in [0.3, 0.4) is 0 Å². The van der Waals surface area contributed by atoms with Crippen molar-refractivity contribution in [1.82, 2.24) is 0 Å². The van der Waals surface area contributed by atoms with E-state index in [0.29, 0.717) is 5.56 Å². The molecule has 0 spiro atoms. The highest BCUT2D eigenvalue weighted by atomic mass is 16.1. The van der Waals surface area contributed by atoms with E-state index in [1.807, 2.05) is 42.5 Å². The molecule has 0 saturated heterocycles. The van der Waals surface area contributed by atoms with Crippen molar-refractivity contribution in [2.24, 2.45) is 0 Å². The summed E-state index contributed by atoms with van der Waals surface area (Å²) in [6.07, 6.45) is 4.22. The zero-order valence-corrected chi connectivity index (χ0v) is 11.3. The minimum Gasteiger partial charge on any atom is -0.321 e. The van der Waals surface area contributed by atoms with E-state index in [4.69, 9.17) is 0 Å². The topological polar surface area (TPSA) is 29.1 Å². The Morgan fingerprint density at radius 2 is 1.52 bits per heavy atom. The molecule has 0 fully saturated rings. The van der Waals surface area contributed by atoms with Crippen LogP contribution in [0.25, 0.3) is 22.9 Å². The molecule has 100 valence electrons. The molecule has 0 saturated carbocycles. The molecule has 1 aliphatic carbocycles. The summed E-state index contributed by atoms with van der Waals surface area (Å²) in [6.45, 7) is 0. The zero-order valence-electron chi connectivity index (χ0n) is 11.3. The highest BCUT2D eigenvalue weighted by Gasteiger charge is 2.13. The van der Waals surface area contributed by atoms with Gasteiger partial charge in [0.25, 0.3) is 5.91 Å². The maximum absolute atomic E-state index is 12.3. The summed E-state index contributed by atoms with van der Waals surface area (Å²) in [5.74, 6) is -0.0812. The SMILES string of the molecule is O=C(Nc1ccc2c3c(cccc13)C=C2)c1ccccc1. The quantitative estimate of drug-likeness (QED) is 0.568. The van der Waals surface area contributed by atoms with Gasteiger partial charge in [-0.25, -0.2) is 0 Å². The van der Waals surface area contributed by atoms with Gasteiger partial charge >= 0.3 is 0 Å². The zero-order chi connectivity index (χ0) is 14.2. The molecule has 0 bridgehead atoms. The van der Waals surface area contributed by atoms with Gasteiger partial charge in [0.15, 0.2) is 0 Å². The molecule has 0 atom stereocenters. The Morgan fingerprint density at radius 1 is 0.762 bits per heavy atom. The number of nitrogens with one attached hydrogen (secondary N) is 1. The van der Waals surface area contributed by atoms with Gasteiger partial charge in [-0.1, -0.05) is 54.6 Å².